The summed E-state index contributed by atoms with van der Waals surface area (Å²) in [6.45, 7) is -0.254. The number of rotatable bonds is 4. The third kappa shape index (κ3) is 2.70. The number of hydrogen-bond donors (Lipinski definition) is 2. The fourth-order valence-electron chi connectivity index (χ4n) is 0.867. The maximum absolute atomic E-state index is 11.8. The molecule has 0 aliphatic heterocycles. The number of carbonyl (C=O) groups excluding carboxylic acids is 1. The molecule has 0 radical (unpaired) electrons. The molecule has 0 aliphatic rings. The van der Waals surface area contributed by atoms with Crippen LogP contribution in [-0.4, -0.2) is 24.1 Å². The molecule has 1 amide bonds. The van der Waals surface area contributed by atoms with E-state index in [1.807, 2.05) is 0 Å². The number of aromatic nitrogens is 1. The van der Waals surface area contributed by atoms with Gasteiger partial charge in [0.25, 0.3) is 5.91 Å². The highest BCUT2D eigenvalue weighted by Crippen LogP contribution is 2.06. The van der Waals surface area contributed by atoms with Gasteiger partial charge in [0.05, 0.1) is 0 Å². The molecule has 0 atom stereocenters. The predicted molar refractivity (Wildman–Crippen MR) is 47.2 cm³/mol. The Morgan fingerprint density at radius 2 is 2.46 bits per heavy atom. The van der Waals surface area contributed by atoms with Crippen LogP contribution in [0.5, 0.6) is 0 Å². The lowest BCUT2D eigenvalue weighted by Gasteiger charge is -2.03. The number of amides is 1. The molecule has 0 fully saturated rings. The number of nitrogens with two attached hydrogens (primary N) is 1. The van der Waals surface area contributed by atoms with Crippen LogP contribution in [0.15, 0.2) is 18.3 Å². The van der Waals surface area contributed by atoms with Gasteiger partial charge < -0.3 is 11.1 Å². The third-order valence-corrected chi connectivity index (χ3v) is 1.44. The second kappa shape index (κ2) is 4.39. The van der Waals surface area contributed by atoms with Crippen molar-refractivity contribution in [2.45, 2.75) is 0 Å². The zero-order chi connectivity index (χ0) is 9.68. The van der Waals surface area contributed by atoms with Crippen molar-refractivity contribution in [2.24, 2.45) is 5.73 Å². The summed E-state index contributed by atoms with van der Waals surface area (Å²) in [5, 5.41) is 2.77. The minimum Gasteiger partial charge on any atom is -0.382 e. The van der Waals surface area contributed by atoms with E-state index in [-0.39, 0.29) is 12.2 Å². The summed E-state index contributed by atoms with van der Waals surface area (Å²) in [5.41, 5.74) is 5.82. The Kier molecular flexibility index (Phi) is 3.19. The van der Waals surface area contributed by atoms with Crippen LogP contribution in [0.2, 0.25) is 0 Å². The minimum absolute atomic E-state index is 0.170. The van der Waals surface area contributed by atoms with Crippen LogP contribution in [0.25, 0.3) is 0 Å². The topological polar surface area (TPSA) is 68.0 Å². The van der Waals surface area contributed by atoms with Crippen LogP contribution < -0.4 is 11.1 Å². The average molecular weight is 183 g/mol. The van der Waals surface area contributed by atoms with Gasteiger partial charge in [-0.15, -0.1) is 0 Å². The molecule has 1 heterocycles. The van der Waals surface area contributed by atoms with E-state index >= 15 is 0 Å². The Hall–Kier alpha value is -1.65. The van der Waals surface area contributed by atoms with Crippen molar-refractivity contribution in [1.29, 1.82) is 0 Å². The number of carbonyl (C=O) groups is 1. The van der Waals surface area contributed by atoms with Gasteiger partial charge in [0.1, 0.15) is 12.4 Å². The lowest BCUT2D eigenvalue weighted by molar-refractivity contribution is 0.0995. The van der Waals surface area contributed by atoms with Crippen LogP contribution in [0, 0.1) is 0 Å². The number of alkyl halides is 1. The van der Waals surface area contributed by atoms with Crippen LogP contribution in [0.1, 0.15) is 10.5 Å². The van der Waals surface area contributed by atoms with Crippen molar-refractivity contribution in [2.75, 3.05) is 18.5 Å². The van der Waals surface area contributed by atoms with Crippen molar-refractivity contribution in [3.05, 3.63) is 24.0 Å². The molecule has 4 nitrogen and oxygen atoms in total. The monoisotopic (exact) mass is 183 g/mol. The van der Waals surface area contributed by atoms with E-state index < -0.39 is 12.6 Å². The molecule has 0 aliphatic carbocycles. The van der Waals surface area contributed by atoms with Crippen molar-refractivity contribution in [1.82, 2.24) is 4.98 Å². The molecule has 0 saturated heterocycles. The Bertz CT molecular complexity index is 303. The van der Waals surface area contributed by atoms with Gasteiger partial charge in [-0.3, -0.25) is 9.78 Å². The standard InChI is InChI=1S/C8H10FN3O/c9-2-4-11-6-1-3-12-7(5-6)8(10)13/h1,3,5H,2,4H2,(H2,10,13)(H,11,12). The highest BCUT2D eigenvalue weighted by atomic mass is 19.1. The van der Waals surface area contributed by atoms with Gasteiger partial charge in [0.2, 0.25) is 0 Å². The SMILES string of the molecule is NC(=O)c1cc(NCCF)ccn1. The van der Waals surface area contributed by atoms with Gasteiger partial charge >= 0.3 is 0 Å². The summed E-state index contributed by atoms with van der Waals surface area (Å²) in [7, 11) is 0. The Morgan fingerprint density at radius 1 is 1.69 bits per heavy atom. The second-order valence-corrected chi connectivity index (χ2v) is 2.41. The van der Waals surface area contributed by atoms with E-state index in [0.717, 1.165) is 0 Å². The number of halogens is 1. The summed E-state index contributed by atoms with van der Waals surface area (Å²) < 4.78 is 11.8. The van der Waals surface area contributed by atoms with E-state index in [0.29, 0.717) is 5.69 Å². The van der Waals surface area contributed by atoms with Crippen LogP contribution in [0.3, 0.4) is 0 Å². The van der Waals surface area contributed by atoms with Gasteiger partial charge in [0, 0.05) is 18.4 Å². The Morgan fingerprint density at radius 3 is 3.08 bits per heavy atom. The zero-order valence-electron chi connectivity index (χ0n) is 6.96. The number of hydrogen-bond acceptors (Lipinski definition) is 3. The van der Waals surface area contributed by atoms with Gasteiger partial charge in [-0.25, -0.2) is 4.39 Å². The third-order valence-electron chi connectivity index (χ3n) is 1.44. The van der Waals surface area contributed by atoms with Crippen molar-refractivity contribution in [3.63, 3.8) is 0 Å². The maximum Gasteiger partial charge on any atom is 0.267 e. The Balaban J connectivity index is 2.73. The first-order valence-electron chi connectivity index (χ1n) is 3.79. The largest absolute Gasteiger partial charge is 0.382 e. The van der Waals surface area contributed by atoms with Crippen molar-refractivity contribution >= 4 is 11.6 Å². The first kappa shape index (κ1) is 9.44. The Labute approximate surface area is 75.0 Å². The molecular weight excluding hydrogens is 173 g/mol. The number of nitrogens with one attached hydrogen (secondary N) is 1. The highest BCUT2D eigenvalue weighted by Gasteiger charge is 2.01. The van der Waals surface area contributed by atoms with Crippen molar-refractivity contribution in [3.8, 4) is 0 Å². The minimum atomic E-state index is -0.594. The summed E-state index contributed by atoms with van der Waals surface area (Å²) >= 11 is 0. The number of anilines is 1. The van der Waals surface area contributed by atoms with Crippen LogP contribution in [-0.2, 0) is 0 Å². The van der Waals surface area contributed by atoms with Gasteiger partial charge in [-0.2, -0.15) is 0 Å². The fourth-order valence-corrected chi connectivity index (χ4v) is 0.867. The summed E-state index contributed by atoms with van der Waals surface area (Å²) in [6, 6.07) is 3.13. The van der Waals surface area contributed by atoms with E-state index in [1.54, 1.807) is 6.07 Å². The molecule has 13 heavy (non-hydrogen) atoms. The molecular formula is C8H10FN3O. The molecule has 1 rings (SSSR count). The zero-order valence-corrected chi connectivity index (χ0v) is 6.96. The molecule has 1 aromatic rings. The van der Waals surface area contributed by atoms with Crippen LogP contribution >= 0.6 is 0 Å². The van der Waals surface area contributed by atoms with Crippen molar-refractivity contribution < 1.29 is 9.18 Å². The summed E-state index contributed by atoms with van der Waals surface area (Å²) in [4.78, 5) is 14.4. The average Bonchev–Trinajstić information content (AvgIpc) is 2.15. The lowest BCUT2D eigenvalue weighted by Crippen LogP contribution is -2.13. The van der Waals surface area contributed by atoms with Gasteiger partial charge in [-0.1, -0.05) is 0 Å². The molecule has 0 unspecified atom stereocenters. The fraction of sp³-hybridized carbons (Fsp3) is 0.250. The number of nitrogens with zero attached hydrogens (tertiary/aromatic N) is 1. The highest BCUT2D eigenvalue weighted by molar-refractivity contribution is 5.91. The first-order chi connectivity index (χ1) is 6.24. The lowest BCUT2D eigenvalue weighted by atomic mass is 10.3. The van der Waals surface area contributed by atoms with Gasteiger partial charge in [0.15, 0.2) is 0 Å². The normalized spacial score (nSPS) is 9.62. The quantitative estimate of drug-likeness (QED) is 0.716. The van der Waals surface area contributed by atoms with E-state index in [2.05, 4.69) is 10.3 Å². The number of pyridine rings is 1. The smallest absolute Gasteiger partial charge is 0.267 e. The van der Waals surface area contributed by atoms with Crippen LogP contribution in [0.4, 0.5) is 10.1 Å². The van der Waals surface area contributed by atoms with E-state index in [4.69, 9.17) is 5.73 Å². The summed E-state index contributed by atoms with van der Waals surface area (Å²) in [5.74, 6) is -0.594. The predicted octanol–water partition coefficient (Wildman–Crippen LogP) is 0.562. The molecule has 5 heteroatoms. The number of primary amides is 1. The van der Waals surface area contributed by atoms with E-state index in [9.17, 15) is 9.18 Å². The molecule has 0 aromatic carbocycles. The first-order valence-corrected chi connectivity index (χ1v) is 3.79. The molecule has 0 saturated carbocycles. The van der Waals surface area contributed by atoms with E-state index in [1.165, 1.54) is 12.3 Å². The maximum atomic E-state index is 11.8. The van der Waals surface area contributed by atoms with Gasteiger partial charge in [-0.05, 0) is 12.1 Å². The molecule has 3 N–H and O–H groups in total. The molecule has 70 valence electrons. The summed E-state index contributed by atoms with van der Waals surface area (Å²) in [6.07, 6.45) is 1.45. The second-order valence-electron chi connectivity index (χ2n) is 2.41. The molecule has 0 spiro atoms. The molecule has 1 aromatic heterocycles. The molecule has 0 bridgehead atoms.